The molecule has 0 bridgehead atoms. The van der Waals surface area contributed by atoms with E-state index in [1.54, 1.807) is 24.3 Å². The van der Waals surface area contributed by atoms with Crippen LogP contribution in [0.25, 0.3) is 0 Å². The van der Waals surface area contributed by atoms with Gasteiger partial charge >= 0.3 is 0 Å². The maximum atomic E-state index is 12.5. The van der Waals surface area contributed by atoms with Gasteiger partial charge in [-0.05, 0) is 56.2 Å². The first kappa shape index (κ1) is 20.8. The first-order valence-electron chi connectivity index (χ1n) is 9.35. The third kappa shape index (κ3) is 5.11. The maximum absolute atomic E-state index is 12.5. The number of sulfonamides is 1. The number of carbonyl (C=O) groups is 1. The molecule has 1 aliphatic heterocycles. The lowest BCUT2D eigenvalue weighted by molar-refractivity contribution is -0.682. The summed E-state index contributed by atoms with van der Waals surface area (Å²) in [5.41, 5.74) is 1.67. The summed E-state index contributed by atoms with van der Waals surface area (Å²) in [5.74, 6) is -0.143. The Kier molecular flexibility index (Phi) is 6.72. The number of amides is 1. The summed E-state index contributed by atoms with van der Waals surface area (Å²) in [4.78, 5) is 12.5. The Bertz CT molecular complexity index is 909. The first-order chi connectivity index (χ1) is 13.4. The molecule has 0 saturated carbocycles. The van der Waals surface area contributed by atoms with Crippen LogP contribution in [0.5, 0.6) is 0 Å². The predicted octanol–water partition coefficient (Wildman–Crippen LogP) is 2.39. The topological polar surface area (TPSA) is 83.1 Å². The van der Waals surface area contributed by atoms with Crippen LogP contribution in [-0.4, -0.2) is 38.3 Å². The van der Waals surface area contributed by atoms with Gasteiger partial charge in [0, 0.05) is 29.4 Å². The maximum Gasteiger partial charge on any atom is 0.279 e. The van der Waals surface area contributed by atoms with Crippen LogP contribution in [0.4, 0.5) is 5.69 Å². The molecule has 0 spiro atoms. The van der Waals surface area contributed by atoms with E-state index in [9.17, 15) is 13.2 Å². The Morgan fingerprint density at radius 3 is 2.32 bits per heavy atom. The normalized spacial score (nSPS) is 16.1. The van der Waals surface area contributed by atoms with Crippen molar-refractivity contribution in [3.63, 3.8) is 0 Å². The molecular formula is C20H25ClN3O3S+. The number of quaternary nitrogens is 1. The molecule has 0 radical (unpaired) electrons. The molecule has 0 unspecified atom stereocenters. The molecule has 2 aromatic carbocycles. The second-order valence-electron chi connectivity index (χ2n) is 6.96. The van der Waals surface area contributed by atoms with E-state index in [2.05, 4.69) is 5.32 Å². The zero-order chi connectivity index (χ0) is 20.1. The largest absolute Gasteiger partial charge is 0.333 e. The Balaban J connectivity index is 1.53. The summed E-state index contributed by atoms with van der Waals surface area (Å²) >= 11 is 5.90. The number of anilines is 1. The van der Waals surface area contributed by atoms with Crippen LogP contribution in [0.1, 0.15) is 31.4 Å². The van der Waals surface area contributed by atoms with Gasteiger partial charge in [-0.15, -0.1) is 0 Å². The van der Waals surface area contributed by atoms with Gasteiger partial charge in [-0.2, -0.15) is 4.31 Å². The molecule has 1 saturated heterocycles. The van der Waals surface area contributed by atoms with Crippen molar-refractivity contribution in [1.82, 2.24) is 4.31 Å². The lowest BCUT2D eigenvalue weighted by atomic mass is 10.1. The number of nitrogens with two attached hydrogens (primary N) is 1. The van der Waals surface area contributed by atoms with Gasteiger partial charge in [0.25, 0.3) is 5.91 Å². The average molecular weight is 423 g/mol. The van der Waals surface area contributed by atoms with E-state index >= 15 is 0 Å². The zero-order valence-corrected chi connectivity index (χ0v) is 17.3. The van der Waals surface area contributed by atoms with Crippen molar-refractivity contribution in [2.45, 2.75) is 30.7 Å². The summed E-state index contributed by atoms with van der Waals surface area (Å²) in [6, 6.07) is 14.0. The van der Waals surface area contributed by atoms with E-state index < -0.39 is 10.0 Å². The highest BCUT2D eigenvalue weighted by Gasteiger charge is 2.26. The number of nitrogens with zero attached hydrogens (tertiary/aromatic N) is 1. The van der Waals surface area contributed by atoms with Crippen molar-refractivity contribution >= 4 is 33.2 Å². The lowest BCUT2D eigenvalue weighted by Gasteiger charge is -2.15. The van der Waals surface area contributed by atoms with Crippen LogP contribution in [0, 0.1) is 0 Å². The van der Waals surface area contributed by atoms with E-state index in [-0.39, 0.29) is 23.4 Å². The van der Waals surface area contributed by atoms with Crippen molar-refractivity contribution in [3.05, 3.63) is 59.1 Å². The highest BCUT2D eigenvalue weighted by molar-refractivity contribution is 7.89. The highest BCUT2D eigenvalue weighted by atomic mass is 35.5. The fourth-order valence-corrected chi connectivity index (χ4v) is 4.83. The Morgan fingerprint density at radius 2 is 1.71 bits per heavy atom. The van der Waals surface area contributed by atoms with E-state index in [4.69, 9.17) is 11.6 Å². The number of halogens is 1. The van der Waals surface area contributed by atoms with E-state index in [1.807, 2.05) is 36.5 Å². The average Bonchev–Trinajstić information content (AvgIpc) is 3.23. The molecule has 8 heteroatoms. The molecule has 3 rings (SSSR count). The van der Waals surface area contributed by atoms with Crippen LogP contribution in [0.15, 0.2) is 53.4 Å². The number of hydrogen-bond acceptors (Lipinski definition) is 3. The molecular weight excluding hydrogens is 398 g/mol. The summed E-state index contributed by atoms with van der Waals surface area (Å²) in [5, 5.41) is 5.43. The second kappa shape index (κ2) is 9.05. The van der Waals surface area contributed by atoms with Crippen LogP contribution in [0.2, 0.25) is 5.02 Å². The van der Waals surface area contributed by atoms with Gasteiger partial charge in [-0.25, -0.2) is 8.42 Å². The van der Waals surface area contributed by atoms with E-state index in [0.717, 1.165) is 18.4 Å². The quantitative estimate of drug-likeness (QED) is 0.718. The summed E-state index contributed by atoms with van der Waals surface area (Å²) < 4.78 is 26.6. The van der Waals surface area contributed by atoms with Crippen LogP contribution in [0.3, 0.4) is 0 Å². The molecule has 150 valence electrons. The molecule has 1 amide bonds. The van der Waals surface area contributed by atoms with Crippen molar-refractivity contribution in [2.24, 2.45) is 0 Å². The van der Waals surface area contributed by atoms with Gasteiger partial charge < -0.3 is 10.6 Å². The Labute approximate surface area is 170 Å². The van der Waals surface area contributed by atoms with Gasteiger partial charge in [0.15, 0.2) is 6.54 Å². The summed E-state index contributed by atoms with van der Waals surface area (Å²) in [7, 11) is -3.43. The summed E-state index contributed by atoms with van der Waals surface area (Å²) in [6.45, 7) is 3.43. The number of hydrogen-bond donors (Lipinski definition) is 2. The SMILES string of the molecule is C[C@@H]([NH2+]CC(=O)Nc1ccc(S(=O)(=O)N2CCCC2)cc1)c1ccc(Cl)cc1. The molecule has 28 heavy (non-hydrogen) atoms. The van der Waals surface area contributed by atoms with Gasteiger partial charge in [0.05, 0.1) is 4.90 Å². The predicted molar refractivity (Wildman–Crippen MR) is 110 cm³/mol. The van der Waals surface area contributed by atoms with Gasteiger partial charge in [-0.1, -0.05) is 23.7 Å². The molecule has 1 atom stereocenters. The third-order valence-electron chi connectivity index (χ3n) is 4.89. The Hall–Kier alpha value is -1.93. The molecule has 6 nitrogen and oxygen atoms in total. The van der Waals surface area contributed by atoms with E-state index in [1.165, 1.54) is 4.31 Å². The minimum Gasteiger partial charge on any atom is -0.333 e. The molecule has 1 heterocycles. The Morgan fingerprint density at radius 1 is 1.11 bits per heavy atom. The molecule has 3 N–H and O–H groups in total. The molecule has 0 aliphatic carbocycles. The number of benzene rings is 2. The first-order valence-corrected chi connectivity index (χ1v) is 11.2. The van der Waals surface area contributed by atoms with Crippen molar-refractivity contribution in [2.75, 3.05) is 25.0 Å². The molecule has 2 aromatic rings. The van der Waals surface area contributed by atoms with Crippen LogP contribution >= 0.6 is 11.6 Å². The monoisotopic (exact) mass is 422 g/mol. The van der Waals surface area contributed by atoms with E-state index in [0.29, 0.717) is 23.8 Å². The summed E-state index contributed by atoms with van der Waals surface area (Å²) in [6.07, 6.45) is 1.80. The number of carbonyl (C=O) groups excluding carboxylic acids is 1. The lowest BCUT2D eigenvalue weighted by Crippen LogP contribution is -2.86. The standard InChI is InChI=1S/C20H24ClN3O3S/c1-15(16-4-6-17(21)7-5-16)22-14-20(25)23-18-8-10-19(11-9-18)28(26,27)24-12-2-3-13-24/h4-11,15,22H,2-3,12-14H2,1H3,(H,23,25)/p+1/t15-/m1/s1. The van der Waals surface area contributed by atoms with Gasteiger partial charge in [0.2, 0.25) is 10.0 Å². The minimum absolute atomic E-state index is 0.121. The minimum atomic E-state index is -3.43. The number of nitrogens with one attached hydrogen (secondary N) is 1. The van der Waals surface area contributed by atoms with Crippen molar-refractivity contribution in [3.8, 4) is 0 Å². The molecule has 0 aromatic heterocycles. The third-order valence-corrected chi connectivity index (χ3v) is 7.06. The molecule has 1 fully saturated rings. The van der Waals surface area contributed by atoms with Crippen molar-refractivity contribution < 1.29 is 18.5 Å². The fourth-order valence-electron chi connectivity index (χ4n) is 3.19. The highest BCUT2D eigenvalue weighted by Crippen LogP contribution is 2.22. The number of rotatable bonds is 7. The van der Waals surface area contributed by atoms with Crippen molar-refractivity contribution in [1.29, 1.82) is 0 Å². The van der Waals surface area contributed by atoms with Gasteiger partial charge in [0.1, 0.15) is 6.04 Å². The zero-order valence-electron chi connectivity index (χ0n) is 15.8. The van der Waals surface area contributed by atoms with Crippen LogP contribution in [-0.2, 0) is 14.8 Å². The second-order valence-corrected chi connectivity index (χ2v) is 9.34. The smallest absolute Gasteiger partial charge is 0.279 e. The van der Waals surface area contributed by atoms with Gasteiger partial charge in [-0.3, -0.25) is 4.79 Å². The fraction of sp³-hybridized carbons (Fsp3) is 0.350. The van der Waals surface area contributed by atoms with Crippen LogP contribution < -0.4 is 10.6 Å². The molecule has 1 aliphatic rings.